The molecule has 2 aromatic heterocycles. The Balaban J connectivity index is 1.55. The van der Waals surface area contributed by atoms with E-state index < -0.39 is 0 Å². The van der Waals surface area contributed by atoms with Crippen molar-refractivity contribution in [1.29, 1.82) is 0 Å². The number of nitrogens with zero attached hydrogens (tertiary/aromatic N) is 4. The predicted molar refractivity (Wildman–Crippen MR) is 97.5 cm³/mol. The fraction of sp³-hybridized carbons (Fsp3) is 0.350. The van der Waals surface area contributed by atoms with Crippen LogP contribution >= 0.6 is 0 Å². The number of aromatic nitrogens is 3. The molecule has 4 rings (SSSR count). The molecule has 0 N–H and O–H groups in total. The molecule has 134 valence electrons. The molecule has 0 radical (unpaired) electrons. The minimum absolute atomic E-state index is 0.151. The summed E-state index contributed by atoms with van der Waals surface area (Å²) in [4.78, 5) is 11.1. The first-order valence-corrected chi connectivity index (χ1v) is 8.94. The molecule has 1 saturated heterocycles. The Morgan fingerprint density at radius 3 is 2.92 bits per heavy atom. The largest absolute Gasteiger partial charge is 0.497 e. The third-order valence-electron chi connectivity index (χ3n) is 4.80. The van der Waals surface area contributed by atoms with Crippen LogP contribution in [-0.2, 0) is 6.54 Å². The Labute approximate surface area is 152 Å². The van der Waals surface area contributed by atoms with E-state index in [9.17, 15) is 0 Å². The van der Waals surface area contributed by atoms with Gasteiger partial charge in [0.1, 0.15) is 5.75 Å². The first-order valence-electron chi connectivity index (χ1n) is 8.94. The van der Waals surface area contributed by atoms with E-state index in [1.807, 2.05) is 24.3 Å². The highest BCUT2D eigenvalue weighted by atomic mass is 16.5. The van der Waals surface area contributed by atoms with Crippen LogP contribution < -0.4 is 4.74 Å². The molecule has 26 heavy (non-hydrogen) atoms. The van der Waals surface area contributed by atoms with Crippen LogP contribution in [0.5, 0.6) is 5.75 Å². The Hall–Kier alpha value is -2.73. The van der Waals surface area contributed by atoms with Gasteiger partial charge in [-0.25, -0.2) is 0 Å². The molecular formula is C20H22N4O2. The molecule has 1 atom stereocenters. The van der Waals surface area contributed by atoms with E-state index in [-0.39, 0.29) is 6.04 Å². The molecule has 0 amide bonds. The third kappa shape index (κ3) is 3.60. The van der Waals surface area contributed by atoms with Gasteiger partial charge in [-0.05, 0) is 49.2 Å². The lowest BCUT2D eigenvalue weighted by Gasteiger charge is -2.33. The Morgan fingerprint density at radius 2 is 2.08 bits per heavy atom. The Morgan fingerprint density at radius 1 is 1.19 bits per heavy atom. The fourth-order valence-corrected chi connectivity index (χ4v) is 3.45. The summed E-state index contributed by atoms with van der Waals surface area (Å²) in [6, 6.07) is 12.1. The third-order valence-corrected chi connectivity index (χ3v) is 4.80. The van der Waals surface area contributed by atoms with Gasteiger partial charge in [0.2, 0.25) is 11.7 Å². The van der Waals surface area contributed by atoms with Crippen LogP contribution in [0, 0.1) is 0 Å². The van der Waals surface area contributed by atoms with Crippen LogP contribution in [0.15, 0.2) is 53.3 Å². The van der Waals surface area contributed by atoms with Crippen LogP contribution in [-0.4, -0.2) is 33.7 Å². The summed E-state index contributed by atoms with van der Waals surface area (Å²) < 4.78 is 11.0. The molecule has 1 aliphatic rings. The number of methoxy groups -OCH3 is 1. The highest BCUT2D eigenvalue weighted by Crippen LogP contribution is 2.32. The molecule has 6 heteroatoms. The van der Waals surface area contributed by atoms with Crippen molar-refractivity contribution in [2.45, 2.75) is 31.8 Å². The van der Waals surface area contributed by atoms with Crippen molar-refractivity contribution in [3.05, 3.63) is 60.2 Å². The lowest BCUT2D eigenvalue weighted by atomic mass is 10.0. The minimum Gasteiger partial charge on any atom is -0.497 e. The second-order valence-corrected chi connectivity index (χ2v) is 6.53. The zero-order valence-electron chi connectivity index (χ0n) is 14.8. The van der Waals surface area contributed by atoms with Crippen molar-refractivity contribution in [2.75, 3.05) is 13.7 Å². The summed E-state index contributed by atoms with van der Waals surface area (Å²) in [5.74, 6) is 2.20. The lowest BCUT2D eigenvalue weighted by molar-refractivity contribution is 0.111. The molecule has 3 heterocycles. The minimum atomic E-state index is 0.151. The molecule has 0 aliphatic carbocycles. The molecule has 1 aromatic carbocycles. The van der Waals surface area contributed by atoms with Crippen molar-refractivity contribution >= 4 is 0 Å². The molecule has 0 saturated carbocycles. The van der Waals surface area contributed by atoms with E-state index in [0.717, 1.165) is 30.8 Å². The van der Waals surface area contributed by atoms with Crippen LogP contribution in [0.2, 0.25) is 0 Å². The first-order chi connectivity index (χ1) is 12.8. The van der Waals surface area contributed by atoms with Gasteiger partial charge in [0, 0.05) is 24.5 Å². The quantitative estimate of drug-likeness (QED) is 0.696. The summed E-state index contributed by atoms with van der Waals surface area (Å²) >= 11 is 0. The van der Waals surface area contributed by atoms with Gasteiger partial charge in [-0.2, -0.15) is 4.98 Å². The highest BCUT2D eigenvalue weighted by molar-refractivity contribution is 5.52. The molecule has 3 aromatic rings. The number of benzene rings is 1. The molecule has 0 unspecified atom stereocenters. The van der Waals surface area contributed by atoms with Crippen molar-refractivity contribution in [3.63, 3.8) is 0 Å². The monoisotopic (exact) mass is 350 g/mol. The predicted octanol–water partition coefficient (Wildman–Crippen LogP) is 3.87. The lowest BCUT2D eigenvalue weighted by Crippen LogP contribution is -2.33. The highest BCUT2D eigenvalue weighted by Gasteiger charge is 2.29. The van der Waals surface area contributed by atoms with Crippen LogP contribution in [0.3, 0.4) is 0 Å². The zero-order valence-corrected chi connectivity index (χ0v) is 14.8. The second-order valence-electron chi connectivity index (χ2n) is 6.53. The van der Waals surface area contributed by atoms with Gasteiger partial charge in [-0.3, -0.25) is 9.88 Å². The smallest absolute Gasteiger partial charge is 0.244 e. The van der Waals surface area contributed by atoms with Crippen molar-refractivity contribution in [1.82, 2.24) is 20.0 Å². The van der Waals surface area contributed by atoms with E-state index >= 15 is 0 Å². The van der Waals surface area contributed by atoms with Crippen LogP contribution in [0.1, 0.15) is 36.8 Å². The number of pyridine rings is 1. The maximum Gasteiger partial charge on any atom is 0.244 e. The fourth-order valence-electron chi connectivity index (χ4n) is 3.45. The van der Waals surface area contributed by atoms with Gasteiger partial charge in [0.05, 0.1) is 13.2 Å². The number of rotatable bonds is 5. The van der Waals surface area contributed by atoms with Crippen molar-refractivity contribution < 1.29 is 9.26 Å². The van der Waals surface area contributed by atoms with Gasteiger partial charge >= 0.3 is 0 Å². The Kier molecular flexibility index (Phi) is 4.93. The molecule has 6 nitrogen and oxygen atoms in total. The van der Waals surface area contributed by atoms with E-state index in [1.165, 1.54) is 18.4 Å². The second kappa shape index (κ2) is 7.66. The standard InChI is InChI=1S/C20H22N4O2/c1-25-17-6-4-5-15(13-17)14-24-12-3-2-7-18(24)20-22-19(23-26-20)16-8-10-21-11-9-16/h4-6,8-11,13,18H,2-3,7,12,14H2,1H3/t18-/m1/s1. The van der Waals surface area contributed by atoms with E-state index in [2.05, 4.69) is 32.2 Å². The average Bonchev–Trinajstić information content (AvgIpc) is 3.19. The molecule has 0 spiro atoms. The first kappa shape index (κ1) is 16.7. The van der Waals surface area contributed by atoms with Crippen molar-refractivity contribution in [3.8, 4) is 17.1 Å². The molecule has 0 bridgehead atoms. The van der Waals surface area contributed by atoms with Crippen LogP contribution in [0.4, 0.5) is 0 Å². The Bertz CT molecular complexity index is 850. The van der Waals surface area contributed by atoms with Gasteiger partial charge in [0.25, 0.3) is 0 Å². The summed E-state index contributed by atoms with van der Waals surface area (Å²) in [6.45, 7) is 1.86. The summed E-state index contributed by atoms with van der Waals surface area (Å²) in [7, 11) is 1.70. The van der Waals surface area contributed by atoms with E-state index in [4.69, 9.17) is 9.26 Å². The van der Waals surface area contributed by atoms with Crippen LogP contribution in [0.25, 0.3) is 11.4 Å². The molecule has 1 aliphatic heterocycles. The van der Waals surface area contributed by atoms with Crippen molar-refractivity contribution in [2.24, 2.45) is 0 Å². The number of ether oxygens (including phenoxy) is 1. The van der Waals surface area contributed by atoms with Gasteiger partial charge in [-0.1, -0.05) is 23.7 Å². The normalized spacial score (nSPS) is 18.0. The molecule has 1 fully saturated rings. The maximum atomic E-state index is 5.62. The molecular weight excluding hydrogens is 328 g/mol. The maximum absolute atomic E-state index is 5.62. The zero-order chi connectivity index (χ0) is 17.8. The number of hydrogen-bond acceptors (Lipinski definition) is 6. The summed E-state index contributed by atoms with van der Waals surface area (Å²) in [5, 5.41) is 4.17. The average molecular weight is 350 g/mol. The number of hydrogen-bond donors (Lipinski definition) is 0. The SMILES string of the molecule is COc1cccc(CN2CCCC[C@@H]2c2nc(-c3ccncc3)no2)c1. The van der Waals surface area contributed by atoms with Gasteiger partial charge < -0.3 is 9.26 Å². The summed E-state index contributed by atoms with van der Waals surface area (Å²) in [6.07, 6.45) is 6.86. The summed E-state index contributed by atoms with van der Waals surface area (Å²) in [5.41, 5.74) is 2.15. The van der Waals surface area contributed by atoms with Gasteiger partial charge in [-0.15, -0.1) is 0 Å². The van der Waals surface area contributed by atoms with Gasteiger partial charge in [0.15, 0.2) is 0 Å². The topological polar surface area (TPSA) is 64.3 Å². The van der Waals surface area contributed by atoms with E-state index in [0.29, 0.717) is 11.7 Å². The number of likely N-dealkylation sites (tertiary alicyclic amines) is 1. The number of piperidine rings is 1. The van der Waals surface area contributed by atoms with E-state index in [1.54, 1.807) is 19.5 Å².